The highest BCUT2D eigenvalue weighted by atomic mass is 14.8. The Balaban J connectivity index is 0.000000318. The van der Waals surface area contributed by atoms with Crippen LogP contribution >= 0.6 is 0 Å². The largest absolute Gasteiger partial charge is 0.255 e. The minimum atomic E-state index is 0.493. The van der Waals surface area contributed by atoms with Gasteiger partial charge in [-0.3, -0.25) is 34.9 Å². The molecule has 0 N–H and O–H groups in total. The topological polar surface area (TPSA) is 90.2 Å². The maximum absolute atomic E-state index is 4.71. The van der Waals surface area contributed by atoms with E-state index in [0.717, 1.165) is 88.2 Å². The first-order valence-electron chi connectivity index (χ1n) is 26.2. The van der Waals surface area contributed by atoms with Crippen LogP contribution in [0.25, 0.3) is 39.7 Å². The van der Waals surface area contributed by atoms with Crippen LogP contribution in [-0.2, 0) is 25.7 Å². The predicted octanol–water partition coefficient (Wildman–Crippen LogP) is 16.1. The van der Waals surface area contributed by atoms with E-state index in [2.05, 4.69) is 153 Å². The van der Waals surface area contributed by atoms with Crippen LogP contribution in [0, 0.1) is 6.92 Å². The summed E-state index contributed by atoms with van der Waals surface area (Å²) in [5, 5.41) is 0. The molecule has 0 saturated carbocycles. The summed E-state index contributed by atoms with van der Waals surface area (Å²) >= 11 is 0. The third-order valence-electron chi connectivity index (χ3n) is 10.8. The number of unbranched alkanes of at least 4 members (excludes halogenated alkanes) is 2. The van der Waals surface area contributed by atoms with E-state index in [9.17, 15) is 0 Å². The lowest BCUT2D eigenvalue weighted by Crippen LogP contribution is -2.22. The van der Waals surface area contributed by atoms with Crippen molar-refractivity contribution < 1.29 is 0 Å². The standard InChI is InChI=1S/C16H22BN.C16H20N2.C14H17BN2.C12H12N2.2C2H6/c1-6-9-14(17(4)5)12-13(3)16-11-8-10-15(7-2)18-16;1-3-4-5-8-14-11-13(2)12-16(18-14)15-9-6-7-10-17-15;1-4-12-6-5-7-13(17-12)14-10-11(15(2)3)8-9-16-14;1-2-10-6-5-8-12(14-10)11-7-3-4-9-13-11;2*1-2/h6,8-12H,3,7H2,1-2,4-5H3;6-7,9-12H,3-5,8H2,1-2H3;5-10H,4H2,1-3H3;3-9H,2H2,1H3;2*1-2H3/b9-6-,14-12+;;;;;. The van der Waals surface area contributed by atoms with Crippen molar-refractivity contribution >= 4 is 24.5 Å². The van der Waals surface area contributed by atoms with Gasteiger partial charge in [0.1, 0.15) is 0 Å². The van der Waals surface area contributed by atoms with Crippen molar-refractivity contribution in [2.75, 3.05) is 0 Å². The Kier molecular flexibility index (Phi) is 30.3. The highest BCUT2D eigenvalue weighted by molar-refractivity contribution is 6.70. The van der Waals surface area contributed by atoms with Crippen molar-refractivity contribution in [3.05, 3.63) is 198 Å². The molecule has 0 spiro atoms. The SMILES string of the molecule is C=C(/C=C(\C=C/C)B(C)C)c1cccc(CC)n1.CC.CC.CCCCCc1cc(C)cc(-c2ccccn2)n1.CCc1cccc(-c2cc(B(C)C)ccn2)n1.CCc1cccc(-c2ccccn2)n1. The monoisotopic (exact) mass is 948 g/mol. The summed E-state index contributed by atoms with van der Waals surface area (Å²) in [5.74, 6) is 0. The van der Waals surface area contributed by atoms with Crippen molar-refractivity contribution in [1.82, 2.24) is 34.9 Å². The lowest BCUT2D eigenvalue weighted by Gasteiger charge is -2.07. The van der Waals surface area contributed by atoms with Gasteiger partial charge in [-0.2, -0.15) is 0 Å². The Labute approximate surface area is 431 Å². The van der Waals surface area contributed by atoms with Gasteiger partial charge in [-0.1, -0.05) is 162 Å². The first-order chi connectivity index (χ1) is 34.5. The molecule has 0 aliphatic carbocycles. The normalized spacial score (nSPS) is 10.3. The fourth-order valence-electron chi connectivity index (χ4n) is 6.90. The molecule has 7 nitrogen and oxygen atoms in total. The van der Waals surface area contributed by atoms with Crippen molar-refractivity contribution in [2.24, 2.45) is 0 Å². The Hall–Kier alpha value is -6.60. The Bertz CT molecular complexity index is 2610. The second kappa shape index (κ2) is 35.5. The third-order valence-corrected chi connectivity index (χ3v) is 10.8. The molecule has 7 heterocycles. The number of pyridine rings is 7. The van der Waals surface area contributed by atoms with Gasteiger partial charge in [0.2, 0.25) is 0 Å². The van der Waals surface area contributed by atoms with Crippen LogP contribution in [0.15, 0.2) is 164 Å². The average molecular weight is 948 g/mol. The molecule has 7 aromatic rings. The second-order valence-corrected chi connectivity index (χ2v) is 17.0. The number of nitrogens with zero attached hydrogens (tertiary/aromatic N) is 7. The van der Waals surface area contributed by atoms with Crippen molar-refractivity contribution in [3.63, 3.8) is 0 Å². The van der Waals surface area contributed by atoms with E-state index in [1.807, 2.05) is 126 Å². The van der Waals surface area contributed by atoms with Gasteiger partial charge in [-0.05, 0) is 142 Å². The number of aryl methyl sites for hydroxylation is 5. The molecule has 0 atom stereocenters. The Morgan fingerprint density at radius 3 is 1.54 bits per heavy atom. The van der Waals surface area contributed by atoms with Gasteiger partial charge in [0.05, 0.1) is 39.9 Å². The molecule has 0 fully saturated rings. The Morgan fingerprint density at radius 2 is 1.03 bits per heavy atom. The summed E-state index contributed by atoms with van der Waals surface area (Å²) in [6.45, 7) is 34.6. The molecule has 0 aliphatic heterocycles. The molecule has 0 unspecified atom stereocenters. The lowest BCUT2D eigenvalue weighted by molar-refractivity contribution is 0.707. The number of allylic oxidation sites excluding steroid dienone is 5. The molecule has 0 aromatic carbocycles. The maximum Gasteiger partial charge on any atom is 0.169 e. The third kappa shape index (κ3) is 22.4. The van der Waals surface area contributed by atoms with Gasteiger partial charge >= 0.3 is 0 Å². The van der Waals surface area contributed by atoms with Crippen molar-refractivity contribution in [3.8, 4) is 34.2 Å². The van der Waals surface area contributed by atoms with Crippen LogP contribution in [-0.4, -0.2) is 48.3 Å². The number of hydrogen-bond acceptors (Lipinski definition) is 7. The van der Waals surface area contributed by atoms with E-state index in [1.165, 1.54) is 41.5 Å². The summed E-state index contributed by atoms with van der Waals surface area (Å²) in [5.41, 5.74) is 16.1. The zero-order valence-corrected chi connectivity index (χ0v) is 45.9. The maximum atomic E-state index is 4.71. The molecular weight excluding hydrogens is 864 g/mol. The average Bonchev–Trinajstić information content (AvgIpc) is 3.42. The number of hydrogen-bond donors (Lipinski definition) is 0. The van der Waals surface area contributed by atoms with Gasteiger partial charge < -0.3 is 0 Å². The minimum absolute atomic E-state index is 0.493. The van der Waals surface area contributed by atoms with Crippen molar-refractivity contribution in [2.45, 2.75) is 141 Å². The zero-order valence-electron chi connectivity index (χ0n) is 45.9. The summed E-state index contributed by atoms with van der Waals surface area (Å²) in [7, 11) is 0. The zero-order chi connectivity index (χ0) is 52.4. The summed E-state index contributed by atoms with van der Waals surface area (Å²) < 4.78 is 0. The van der Waals surface area contributed by atoms with Crippen LogP contribution in [0.5, 0.6) is 0 Å². The van der Waals surface area contributed by atoms with Gasteiger partial charge in [-0.15, -0.1) is 0 Å². The fraction of sp³-hybridized carbons (Fsp3) is 0.339. The summed E-state index contributed by atoms with van der Waals surface area (Å²) in [4.78, 5) is 31.4. The van der Waals surface area contributed by atoms with Gasteiger partial charge in [0.25, 0.3) is 0 Å². The molecule has 0 aliphatic rings. The highest BCUT2D eigenvalue weighted by Gasteiger charge is 2.09. The summed E-state index contributed by atoms with van der Waals surface area (Å²) in [6.07, 6.45) is 19.5. The molecule has 0 bridgehead atoms. The lowest BCUT2D eigenvalue weighted by atomic mass is 9.48. The Morgan fingerprint density at radius 1 is 0.521 bits per heavy atom. The molecule has 372 valence electrons. The fourth-order valence-corrected chi connectivity index (χ4v) is 6.90. The molecule has 0 saturated heterocycles. The van der Waals surface area contributed by atoms with E-state index < -0.39 is 0 Å². The quantitative estimate of drug-likeness (QED) is 0.0574. The molecule has 7 rings (SSSR count). The first kappa shape index (κ1) is 60.5. The molecular formula is C62H83B2N7. The van der Waals surface area contributed by atoms with E-state index in [4.69, 9.17) is 4.98 Å². The van der Waals surface area contributed by atoms with E-state index in [1.54, 1.807) is 6.20 Å². The highest BCUT2D eigenvalue weighted by Crippen LogP contribution is 2.19. The minimum Gasteiger partial charge on any atom is -0.255 e. The predicted molar refractivity (Wildman–Crippen MR) is 312 cm³/mol. The van der Waals surface area contributed by atoms with E-state index >= 15 is 0 Å². The van der Waals surface area contributed by atoms with Gasteiger partial charge in [0.15, 0.2) is 13.4 Å². The van der Waals surface area contributed by atoms with Crippen LogP contribution < -0.4 is 5.46 Å². The number of rotatable bonds is 15. The van der Waals surface area contributed by atoms with Crippen LogP contribution in [0.1, 0.15) is 116 Å². The second-order valence-electron chi connectivity index (χ2n) is 17.0. The van der Waals surface area contributed by atoms with Crippen LogP contribution in [0.4, 0.5) is 0 Å². The molecule has 71 heavy (non-hydrogen) atoms. The number of aromatic nitrogens is 7. The van der Waals surface area contributed by atoms with Crippen LogP contribution in [0.2, 0.25) is 27.3 Å². The molecule has 7 aromatic heterocycles. The van der Waals surface area contributed by atoms with Crippen molar-refractivity contribution in [1.29, 1.82) is 0 Å². The molecule has 9 heteroatoms. The van der Waals surface area contributed by atoms with Gasteiger partial charge in [0, 0.05) is 41.4 Å². The van der Waals surface area contributed by atoms with Crippen LogP contribution in [0.3, 0.4) is 0 Å². The smallest absolute Gasteiger partial charge is 0.169 e. The van der Waals surface area contributed by atoms with E-state index in [0.29, 0.717) is 13.4 Å². The summed E-state index contributed by atoms with van der Waals surface area (Å²) in [6, 6.07) is 38.6. The van der Waals surface area contributed by atoms with Gasteiger partial charge in [-0.25, -0.2) is 0 Å². The first-order valence-corrected chi connectivity index (χ1v) is 26.2. The molecule has 0 amide bonds. The molecule has 0 radical (unpaired) electrons. The van der Waals surface area contributed by atoms with E-state index in [-0.39, 0.29) is 0 Å².